The zero-order valence-corrected chi connectivity index (χ0v) is 11.9. The van der Waals surface area contributed by atoms with Crippen molar-refractivity contribution in [1.29, 1.82) is 5.26 Å². The summed E-state index contributed by atoms with van der Waals surface area (Å²) in [7, 11) is 0. The summed E-state index contributed by atoms with van der Waals surface area (Å²) in [5, 5.41) is 27.9. The van der Waals surface area contributed by atoms with Gasteiger partial charge in [-0.1, -0.05) is 12.1 Å². The average molecular weight is 288 g/mol. The number of β-amino-alcohol motifs (C(OH)–C–C–N with tert-alkyl or cyclic N) is 1. The number of aliphatic carboxylic acids is 1. The van der Waals surface area contributed by atoms with Crippen LogP contribution in [0.15, 0.2) is 24.3 Å². The van der Waals surface area contributed by atoms with Crippen molar-refractivity contribution in [3.05, 3.63) is 35.4 Å². The smallest absolute Gasteiger partial charge is 0.303 e. The molecule has 112 valence electrons. The Bertz CT molecular complexity index is 521. The number of carboxylic acids is 1. The molecule has 1 heterocycles. The van der Waals surface area contributed by atoms with Gasteiger partial charge in [0, 0.05) is 19.5 Å². The third kappa shape index (κ3) is 4.55. The Hall–Kier alpha value is -1.90. The fraction of sp³-hybridized carbons (Fsp3) is 0.500. The SMILES string of the molecule is N#Cc1ccc([C@H](O)CN2CCC[C@H](CC(=O)O)C2)cc1. The van der Waals surface area contributed by atoms with Gasteiger partial charge in [0.05, 0.1) is 17.7 Å². The number of hydrogen-bond donors (Lipinski definition) is 2. The number of aliphatic hydroxyl groups is 1. The lowest BCUT2D eigenvalue weighted by atomic mass is 9.94. The molecule has 0 aliphatic carbocycles. The summed E-state index contributed by atoms with van der Waals surface area (Å²) in [5.41, 5.74) is 1.36. The molecule has 0 amide bonds. The molecular formula is C16H20N2O3. The molecule has 1 aliphatic heterocycles. The summed E-state index contributed by atoms with van der Waals surface area (Å²) in [5.74, 6) is -0.584. The van der Waals surface area contributed by atoms with Crippen LogP contribution in [-0.4, -0.2) is 40.7 Å². The van der Waals surface area contributed by atoms with Crippen molar-refractivity contribution >= 4 is 5.97 Å². The summed E-state index contributed by atoms with van der Waals surface area (Å²) in [6.45, 7) is 2.12. The van der Waals surface area contributed by atoms with Gasteiger partial charge in [0.25, 0.3) is 0 Å². The number of carboxylic acid groups (broad SMARTS) is 1. The van der Waals surface area contributed by atoms with Gasteiger partial charge >= 0.3 is 5.97 Å². The maximum atomic E-state index is 10.8. The standard InChI is InChI=1S/C16H20N2O3/c17-9-12-3-5-14(6-4-12)15(19)11-18-7-1-2-13(10-18)8-16(20)21/h3-6,13,15,19H,1-2,7-8,10-11H2,(H,20,21)/t13-,15-/m1/s1. The largest absolute Gasteiger partial charge is 0.481 e. The van der Waals surface area contributed by atoms with Crippen molar-refractivity contribution < 1.29 is 15.0 Å². The van der Waals surface area contributed by atoms with Crippen LogP contribution in [0.25, 0.3) is 0 Å². The molecule has 0 unspecified atom stereocenters. The van der Waals surface area contributed by atoms with E-state index in [1.165, 1.54) is 0 Å². The molecule has 0 bridgehead atoms. The summed E-state index contributed by atoms with van der Waals surface area (Å²) >= 11 is 0. The van der Waals surface area contributed by atoms with Gasteiger partial charge in [-0.15, -0.1) is 0 Å². The summed E-state index contributed by atoms with van der Waals surface area (Å²) in [6.07, 6.45) is 1.50. The highest BCUT2D eigenvalue weighted by molar-refractivity contribution is 5.67. The van der Waals surface area contributed by atoms with E-state index in [2.05, 4.69) is 11.0 Å². The Kier molecular flexibility index (Phi) is 5.32. The molecule has 5 nitrogen and oxygen atoms in total. The molecule has 1 aromatic rings. The van der Waals surface area contributed by atoms with E-state index in [9.17, 15) is 9.90 Å². The molecule has 0 radical (unpaired) electrons. The van der Waals surface area contributed by atoms with Crippen molar-refractivity contribution in [2.75, 3.05) is 19.6 Å². The number of nitriles is 1. The molecule has 1 fully saturated rings. The zero-order chi connectivity index (χ0) is 15.2. The van der Waals surface area contributed by atoms with Crippen LogP contribution in [-0.2, 0) is 4.79 Å². The molecule has 2 atom stereocenters. The Labute approximate surface area is 124 Å². The highest BCUT2D eigenvalue weighted by Gasteiger charge is 2.23. The Morgan fingerprint density at radius 2 is 2.14 bits per heavy atom. The van der Waals surface area contributed by atoms with Crippen LogP contribution < -0.4 is 0 Å². The van der Waals surface area contributed by atoms with Crippen molar-refractivity contribution in [2.45, 2.75) is 25.4 Å². The molecule has 5 heteroatoms. The predicted molar refractivity (Wildman–Crippen MR) is 77.5 cm³/mol. The van der Waals surface area contributed by atoms with Crippen LogP contribution in [0.3, 0.4) is 0 Å². The Morgan fingerprint density at radius 1 is 1.43 bits per heavy atom. The number of hydrogen-bond acceptors (Lipinski definition) is 4. The molecule has 2 N–H and O–H groups in total. The predicted octanol–water partition coefficient (Wildman–Crippen LogP) is 1.78. The van der Waals surface area contributed by atoms with Crippen LogP contribution in [0.2, 0.25) is 0 Å². The van der Waals surface area contributed by atoms with Crippen molar-refractivity contribution in [1.82, 2.24) is 4.90 Å². The fourth-order valence-corrected chi connectivity index (χ4v) is 2.86. The maximum absolute atomic E-state index is 10.8. The van der Waals surface area contributed by atoms with E-state index in [1.54, 1.807) is 24.3 Å². The monoisotopic (exact) mass is 288 g/mol. The van der Waals surface area contributed by atoms with Gasteiger partial charge in [0.15, 0.2) is 0 Å². The number of piperidine rings is 1. The van der Waals surface area contributed by atoms with Gasteiger partial charge < -0.3 is 15.1 Å². The first-order chi connectivity index (χ1) is 10.1. The van der Waals surface area contributed by atoms with Crippen LogP contribution in [0.5, 0.6) is 0 Å². The molecule has 1 aliphatic rings. The molecule has 21 heavy (non-hydrogen) atoms. The van der Waals surface area contributed by atoms with E-state index < -0.39 is 12.1 Å². The normalized spacial score (nSPS) is 20.7. The number of rotatable bonds is 5. The van der Waals surface area contributed by atoms with E-state index in [1.807, 2.05) is 0 Å². The van der Waals surface area contributed by atoms with E-state index in [4.69, 9.17) is 10.4 Å². The highest BCUT2D eigenvalue weighted by atomic mass is 16.4. The Balaban J connectivity index is 1.90. The van der Waals surface area contributed by atoms with Gasteiger partial charge in [-0.05, 0) is 43.0 Å². The number of benzene rings is 1. The second kappa shape index (κ2) is 7.21. The first-order valence-corrected chi connectivity index (χ1v) is 7.20. The summed E-state index contributed by atoms with van der Waals surface area (Å²) < 4.78 is 0. The lowest BCUT2D eigenvalue weighted by molar-refractivity contribution is -0.138. The van der Waals surface area contributed by atoms with Crippen LogP contribution >= 0.6 is 0 Å². The van der Waals surface area contributed by atoms with Crippen LogP contribution in [0.4, 0.5) is 0 Å². The molecule has 0 spiro atoms. The second-order valence-electron chi connectivity index (χ2n) is 5.62. The number of aliphatic hydroxyl groups excluding tert-OH is 1. The quantitative estimate of drug-likeness (QED) is 0.862. The van der Waals surface area contributed by atoms with E-state index in [0.29, 0.717) is 12.1 Å². The van der Waals surface area contributed by atoms with Gasteiger partial charge in [-0.3, -0.25) is 4.79 Å². The summed E-state index contributed by atoms with van der Waals surface area (Å²) in [6, 6.07) is 8.98. The van der Waals surface area contributed by atoms with E-state index in [-0.39, 0.29) is 12.3 Å². The van der Waals surface area contributed by atoms with Gasteiger partial charge in [-0.2, -0.15) is 5.26 Å². The number of likely N-dealkylation sites (tertiary alicyclic amines) is 1. The molecule has 1 saturated heterocycles. The van der Waals surface area contributed by atoms with Crippen LogP contribution in [0.1, 0.15) is 36.5 Å². The zero-order valence-electron chi connectivity index (χ0n) is 11.9. The minimum absolute atomic E-state index is 0.171. The van der Waals surface area contributed by atoms with Crippen LogP contribution in [0, 0.1) is 17.2 Å². The lowest BCUT2D eigenvalue weighted by Crippen LogP contribution is -2.38. The van der Waals surface area contributed by atoms with Gasteiger partial charge in [0.1, 0.15) is 0 Å². The third-order valence-corrected chi connectivity index (χ3v) is 3.92. The van der Waals surface area contributed by atoms with Crippen molar-refractivity contribution in [3.8, 4) is 6.07 Å². The minimum Gasteiger partial charge on any atom is -0.481 e. The first-order valence-electron chi connectivity index (χ1n) is 7.20. The Morgan fingerprint density at radius 3 is 2.76 bits per heavy atom. The topological polar surface area (TPSA) is 84.6 Å². The minimum atomic E-state index is -0.755. The first kappa shape index (κ1) is 15.5. The van der Waals surface area contributed by atoms with Gasteiger partial charge in [-0.25, -0.2) is 0 Å². The van der Waals surface area contributed by atoms with Gasteiger partial charge in [0.2, 0.25) is 0 Å². The van der Waals surface area contributed by atoms with E-state index in [0.717, 1.165) is 31.5 Å². The number of nitrogens with zero attached hydrogens (tertiary/aromatic N) is 2. The lowest BCUT2D eigenvalue weighted by Gasteiger charge is -2.33. The number of carbonyl (C=O) groups is 1. The molecule has 0 aromatic heterocycles. The average Bonchev–Trinajstić information content (AvgIpc) is 2.47. The fourth-order valence-electron chi connectivity index (χ4n) is 2.86. The maximum Gasteiger partial charge on any atom is 0.303 e. The highest BCUT2D eigenvalue weighted by Crippen LogP contribution is 2.22. The summed E-state index contributed by atoms with van der Waals surface area (Å²) in [4.78, 5) is 12.9. The van der Waals surface area contributed by atoms with E-state index >= 15 is 0 Å². The molecule has 1 aromatic carbocycles. The molecule has 2 rings (SSSR count). The van der Waals surface area contributed by atoms with Crippen molar-refractivity contribution in [2.24, 2.45) is 5.92 Å². The molecule has 0 saturated carbocycles. The second-order valence-corrected chi connectivity index (χ2v) is 5.62. The third-order valence-electron chi connectivity index (χ3n) is 3.92. The van der Waals surface area contributed by atoms with Crippen molar-refractivity contribution in [3.63, 3.8) is 0 Å². The molecular weight excluding hydrogens is 268 g/mol.